The van der Waals surface area contributed by atoms with Gasteiger partial charge in [-0.2, -0.15) is 0 Å². The average molecular weight is 262 g/mol. The van der Waals surface area contributed by atoms with Gasteiger partial charge < -0.3 is 14.8 Å². The molecule has 1 aromatic heterocycles. The zero-order valence-electron chi connectivity index (χ0n) is 10.3. The Labute approximate surface area is 110 Å². The summed E-state index contributed by atoms with van der Waals surface area (Å²) >= 11 is 1.62. The summed E-state index contributed by atoms with van der Waals surface area (Å²) in [6.07, 6.45) is 0. The molecule has 0 atom stereocenters. The Morgan fingerprint density at radius 2 is 1.94 bits per heavy atom. The van der Waals surface area contributed by atoms with E-state index in [2.05, 4.69) is 17.2 Å². The molecule has 0 bridgehead atoms. The van der Waals surface area contributed by atoms with E-state index in [1.54, 1.807) is 11.3 Å². The Hall–Kier alpha value is -1.75. The average Bonchev–Trinajstić information content (AvgIpc) is 2.86. The molecule has 0 saturated heterocycles. The third-order valence-corrected chi connectivity index (χ3v) is 3.76. The van der Waals surface area contributed by atoms with Gasteiger partial charge >= 0.3 is 0 Å². The van der Waals surface area contributed by atoms with E-state index < -0.39 is 0 Å². The summed E-state index contributed by atoms with van der Waals surface area (Å²) in [5.74, 6) is 2.53. The Morgan fingerprint density at radius 3 is 2.61 bits per heavy atom. The monoisotopic (exact) mass is 262 g/mol. The molecule has 0 amide bonds. The first-order chi connectivity index (χ1) is 8.78. The van der Waals surface area contributed by atoms with Crippen molar-refractivity contribution in [2.45, 2.75) is 6.92 Å². The van der Waals surface area contributed by atoms with Gasteiger partial charge in [0, 0.05) is 18.0 Å². The topological polar surface area (TPSA) is 43.4 Å². The number of aryl methyl sites for hydroxylation is 1. The van der Waals surface area contributed by atoms with Crippen LogP contribution in [0.1, 0.15) is 5.56 Å². The van der Waals surface area contributed by atoms with Gasteiger partial charge in [-0.1, -0.05) is 0 Å². The summed E-state index contributed by atoms with van der Waals surface area (Å²) in [5, 5.41) is 6.04. The molecule has 18 heavy (non-hydrogen) atoms. The number of rotatable bonds is 2. The van der Waals surface area contributed by atoms with Gasteiger partial charge in [0.15, 0.2) is 11.5 Å². The van der Waals surface area contributed by atoms with Gasteiger partial charge in [-0.3, -0.25) is 0 Å². The summed E-state index contributed by atoms with van der Waals surface area (Å²) in [6.45, 7) is 3.29. The molecule has 0 aliphatic carbocycles. The number of aromatic nitrogens is 1. The first-order valence-corrected chi connectivity index (χ1v) is 6.70. The van der Waals surface area contributed by atoms with Crippen molar-refractivity contribution in [1.29, 1.82) is 0 Å². The van der Waals surface area contributed by atoms with Crippen LogP contribution in [0.3, 0.4) is 0 Å². The normalized spacial score (nSPS) is 13.4. The maximum atomic E-state index is 5.61. The number of thiazole rings is 1. The second-order valence-electron chi connectivity index (χ2n) is 4.10. The van der Waals surface area contributed by atoms with Crippen LogP contribution in [-0.4, -0.2) is 25.2 Å². The van der Waals surface area contributed by atoms with Crippen LogP contribution < -0.4 is 14.8 Å². The first kappa shape index (κ1) is 11.3. The lowest BCUT2D eigenvalue weighted by Crippen LogP contribution is -2.15. The largest absolute Gasteiger partial charge is 0.486 e. The molecule has 0 unspecified atom stereocenters. The zero-order valence-corrected chi connectivity index (χ0v) is 11.1. The fraction of sp³-hybridized carbons (Fsp3) is 0.308. The number of ether oxygens (including phenoxy) is 2. The van der Waals surface area contributed by atoms with Crippen molar-refractivity contribution in [2.75, 3.05) is 25.6 Å². The molecule has 1 aliphatic rings. The van der Waals surface area contributed by atoms with Crippen molar-refractivity contribution in [3.8, 4) is 22.1 Å². The highest BCUT2D eigenvalue weighted by molar-refractivity contribution is 7.13. The number of nitrogens with zero attached hydrogens (tertiary/aromatic N) is 1. The minimum atomic E-state index is 0.606. The van der Waals surface area contributed by atoms with E-state index in [0.717, 1.165) is 33.5 Å². The molecule has 0 saturated carbocycles. The smallest absolute Gasteiger partial charge is 0.162 e. The molecule has 3 rings (SSSR count). The van der Waals surface area contributed by atoms with E-state index in [4.69, 9.17) is 9.47 Å². The molecule has 2 aromatic rings. The lowest BCUT2D eigenvalue weighted by atomic mass is 10.1. The van der Waals surface area contributed by atoms with Gasteiger partial charge in [-0.05, 0) is 24.6 Å². The summed E-state index contributed by atoms with van der Waals surface area (Å²) in [6, 6.07) is 4.03. The Balaban J connectivity index is 2.06. The lowest BCUT2D eigenvalue weighted by Gasteiger charge is -2.19. The van der Waals surface area contributed by atoms with Crippen LogP contribution in [0.5, 0.6) is 11.5 Å². The van der Waals surface area contributed by atoms with E-state index in [9.17, 15) is 0 Å². The molecule has 5 heteroatoms. The number of nitrogens with one attached hydrogen (secondary N) is 1. The molecule has 94 valence electrons. The number of hydrogen-bond acceptors (Lipinski definition) is 5. The predicted molar refractivity (Wildman–Crippen MR) is 72.8 cm³/mol. The van der Waals surface area contributed by atoms with E-state index in [1.165, 1.54) is 0 Å². The van der Waals surface area contributed by atoms with Gasteiger partial charge in [0.05, 0.1) is 0 Å². The van der Waals surface area contributed by atoms with Gasteiger partial charge in [0.2, 0.25) is 0 Å². The van der Waals surface area contributed by atoms with E-state index in [1.807, 2.05) is 24.6 Å². The van der Waals surface area contributed by atoms with Crippen LogP contribution in [0.15, 0.2) is 17.5 Å². The van der Waals surface area contributed by atoms with Crippen molar-refractivity contribution < 1.29 is 9.47 Å². The molecule has 0 radical (unpaired) electrons. The van der Waals surface area contributed by atoms with Crippen molar-refractivity contribution in [2.24, 2.45) is 0 Å². The molecule has 1 aromatic carbocycles. The Morgan fingerprint density at radius 1 is 1.22 bits per heavy atom. The Kier molecular flexibility index (Phi) is 2.83. The minimum absolute atomic E-state index is 0.606. The molecular formula is C13H14N2O2S. The molecule has 1 aliphatic heterocycles. The first-order valence-electron chi connectivity index (χ1n) is 5.82. The van der Waals surface area contributed by atoms with Crippen LogP contribution in [0, 0.1) is 6.92 Å². The second kappa shape index (κ2) is 4.49. The van der Waals surface area contributed by atoms with Gasteiger partial charge in [0.25, 0.3) is 0 Å². The number of fused-ring (bicyclic) bond motifs is 1. The number of anilines is 1. The molecule has 2 heterocycles. The van der Waals surface area contributed by atoms with Crippen molar-refractivity contribution in [1.82, 2.24) is 4.98 Å². The minimum Gasteiger partial charge on any atom is -0.486 e. The molecule has 4 nitrogen and oxygen atoms in total. The van der Waals surface area contributed by atoms with E-state index in [-0.39, 0.29) is 0 Å². The number of hydrogen-bond donors (Lipinski definition) is 1. The van der Waals surface area contributed by atoms with Gasteiger partial charge in [0.1, 0.15) is 24.0 Å². The van der Waals surface area contributed by atoms with E-state index >= 15 is 0 Å². The van der Waals surface area contributed by atoms with Gasteiger partial charge in [-0.25, -0.2) is 4.98 Å². The molecule has 1 N–H and O–H groups in total. The fourth-order valence-electron chi connectivity index (χ4n) is 1.93. The highest BCUT2D eigenvalue weighted by Gasteiger charge is 2.16. The van der Waals surface area contributed by atoms with Crippen LogP contribution in [0.25, 0.3) is 10.6 Å². The molecular weight excluding hydrogens is 248 g/mol. The van der Waals surface area contributed by atoms with Crippen LogP contribution in [-0.2, 0) is 0 Å². The summed E-state index contributed by atoms with van der Waals surface area (Å²) in [4.78, 5) is 4.52. The van der Waals surface area contributed by atoms with Gasteiger partial charge in [-0.15, -0.1) is 11.3 Å². The Bertz CT molecular complexity index is 580. The second-order valence-corrected chi connectivity index (χ2v) is 4.96. The summed E-state index contributed by atoms with van der Waals surface area (Å²) in [5.41, 5.74) is 2.25. The van der Waals surface area contributed by atoms with Crippen LogP contribution in [0.4, 0.5) is 5.82 Å². The zero-order chi connectivity index (χ0) is 12.5. The molecule has 0 spiro atoms. The molecule has 0 fully saturated rings. The highest BCUT2D eigenvalue weighted by Crippen LogP contribution is 2.38. The quantitative estimate of drug-likeness (QED) is 0.903. The van der Waals surface area contributed by atoms with E-state index in [0.29, 0.717) is 13.2 Å². The predicted octanol–water partition coefficient (Wildman–Crippen LogP) is 2.93. The standard InChI is InChI=1S/C13H14N2O2S/c1-8-5-10-11(17-4-3-16-10)6-9(8)13-15-12(14-2)7-18-13/h5-7,14H,3-4H2,1-2H3. The van der Waals surface area contributed by atoms with Crippen LogP contribution in [0.2, 0.25) is 0 Å². The lowest BCUT2D eigenvalue weighted by molar-refractivity contribution is 0.171. The highest BCUT2D eigenvalue weighted by atomic mass is 32.1. The maximum Gasteiger partial charge on any atom is 0.162 e. The van der Waals surface area contributed by atoms with Crippen molar-refractivity contribution in [3.05, 3.63) is 23.1 Å². The third-order valence-electron chi connectivity index (χ3n) is 2.88. The fourth-order valence-corrected chi connectivity index (χ4v) is 2.82. The van der Waals surface area contributed by atoms with Crippen molar-refractivity contribution in [3.63, 3.8) is 0 Å². The maximum absolute atomic E-state index is 5.61. The number of benzene rings is 1. The van der Waals surface area contributed by atoms with Crippen LogP contribution >= 0.6 is 11.3 Å². The third kappa shape index (κ3) is 1.90. The SMILES string of the molecule is CNc1csc(-c2cc3c(cc2C)OCCO3)n1. The summed E-state index contributed by atoms with van der Waals surface area (Å²) in [7, 11) is 1.87. The summed E-state index contributed by atoms with van der Waals surface area (Å²) < 4.78 is 11.2. The van der Waals surface area contributed by atoms with Crippen molar-refractivity contribution >= 4 is 17.2 Å².